The summed E-state index contributed by atoms with van der Waals surface area (Å²) in [5.41, 5.74) is -0.0647. The Morgan fingerprint density at radius 2 is 1.80 bits per heavy atom. The smallest absolute Gasteiger partial charge is 0.540 e. The number of amides is 1. The van der Waals surface area contributed by atoms with Crippen LogP contribution in [0.15, 0.2) is 42.5 Å². The molecular formula is C31H30F5N3O6Si. The lowest BCUT2D eigenvalue weighted by Crippen LogP contribution is -2.43. The third kappa shape index (κ3) is 6.28. The van der Waals surface area contributed by atoms with Crippen molar-refractivity contribution in [2.75, 3.05) is 20.2 Å². The summed E-state index contributed by atoms with van der Waals surface area (Å²) in [7, 11) is 1.14. The minimum atomic E-state index is -4.72. The van der Waals surface area contributed by atoms with Crippen molar-refractivity contribution in [1.82, 2.24) is 14.7 Å². The van der Waals surface area contributed by atoms with E-state index in [1.54, 1.807) is 35.2 Å². The van der Waals surface area contributed by atoms with Gasteiger partial charge in [-0.05, 0) is 61.9 Å². The second-order valence-corrected chi connectivity index (χ2v) is 12.8. The van der Waals surface area contributed by atoms with E-state index in [4.69, 9.17) is 9.16 Å². The molecule has 2 aliphatic heterocycles. The Bertz CT molecular complexity index is 1640. The number of benzene rings is 2. The number of carbonyl (C=O) groups is 2. The van der Waals surface area contributed by atoms with Crippen molar-refractivity contribution in [2.24, 2.45) is 5.92 Å². The monoisotopic (exact) mass is 663 g/mol. The van der Waals surface area contributed by atoms with Crippen LogP contribution in [0, 0.1) is 5.92 Å². The molecule has 0 N–H and O–H groups in total. The van der Waals surface area contributed by atoms with Crippen LogP contribution in [0.3, 0.4) is 0 Å². The predicted octanol–water partition coefficient (Wildman–Crippen LogP) is 5.80. The molecule has 2 aromatic carbocycles. The Kier molecular flexibility index (Phi) is 8.46. The van der Waals surface area contributed by atoms with Gasteiger partial charge < -0.3 is 23.5 Å². The van der Waals surface area contributed by atoms with Gasteiger partial charge in [0.15, 0.2) is 17.2 Å². The summed E-state index contributed by atoms with van der Waals surface area (Å²) in [5, 5.41) is 4.01. The van der Waals surface area contributed by atoms with Gasteiger partial charge in [-0.2, -0.15) is 18.3 Å². The minimum Gasteiger partial charge on any atom is -0.540 e. The molecule has 3 heterocycles. The van der Waals surface area contributed by atoms with Crippen molar-refractivity contribution in [3.8, 4) is 22.9 Å². The lowest BCUT2D eigenvalue weighted by Gasteiger charge is -2.34. The van der Waals surface area contributed by atoms with Crippen LogP contribution < -0.4 is 13.9 Å². The van der Waals surface area contributed by atoms with Crippen molar-refractivity contribution >= 4 is 21.6 Å². The summed E-state index contributed by atoms with van der Waals surface area (Å²) in [6.45, 7) is 2.44. The first-order valence-corrected chi connectivity index (χ1v) is 15.8. The normalized spacial score (nSPS) is 19.8. The van der Waals surface area contributed by atoms with Gasteiger partial charge in [0.05, 0.1) is 30.3 Å². The molecule has 0 spiro atoms. The molecule has 46 heavy (non-hydrogen) atoms. The molecule has 244 valence electrons. The van der Waals surface area contributed by atoms with E-state index >= 15 is 0 Å². The van der Waals surface area contributed by atoms with Crippen LogP contribution in [0.1, 0.15) is 66.6 Å². The highest BCUT2D eigenvalue weighted by Crippen LogP contribution is 2.44. The average molecular weight is 664 g/mol. The Labute approximate surface area is 263 Å². The number of alkyl halides is 5. The van der Waals surface area contributed by atoms with Gasteiger partial charge in [-0.3, -0.25) is 9.59 Å². The van der Waals surface area contributed by atoms with Crippen molar-refractivity contribution in [1.29, 1.82) is 0 Å². The summed E-state index contributed by atoms with van der Waals surface area (Å²) >= 11 is 0. The molecule has 15 heteroatoms. The summed E-state index contributed by atoms with van der Waals surface area (Å²) in [6.07, 6.45) is -6.72. The standard InChI is InChI=1S/C31H30F5N3O6Si/c1-17(19-9-10-24-25(15-19)44-31(35,36)43-24)46-45-21-6-3-5-20(16-21)39-26-22(27(37-39)30(32,33)34)7-4-8-23(26)28(40)38-13-11-18(12-14-38)29(41)42-2/h3,5-6,9-10,15-18,23H,4,7-8,11-14H2,1-2H3/t17-,23-/m0/s1. The van der Waals surface area contributed by atoms with E-state index < -0.39 is 24.1 Å². The molecule has 0 saturated carbocycles. The van der Waals surface area contributed by atoms with Crippen LogP contribution in [0.25, 0.3) is 5.69 Å². The third-order valence-electron chi connectivity index (χ3n) is 8.52. The Hall–Kier alpha value is -4.14. The zero-order valence-corrected chi connectivity index (χ0v) is 25.9. The number of piperidine rings is 1. The number of esters is 1. The second kappa shape index (κ2) is 12.2. The number of aromatic nitrogens is 2. The summed E-state index contributed by atoms with van der Waals surface area (Å²) in [6, 6.07) is 10.9. The van der Waals surface area contributed by atoms with Gasteiger partial charge in [-0.25, -0.2) is 4.68 Å². The van der Waals surface area contributed by atoms with E-state index in [0.717, 1.165) is 0 Å². The fourth-order valence-corrected chi connectivity index (χ4v) is 6.97. The van der Waals surface area contributed by atoms with E-state index in [1.807, 2.05) is 6.92 Å². The van der Waals surface area contributed by atoms with E-state index in [2.05, 4.69) is 14.6 Å². The van der Waals surface area contributed by atoms with Gasteiger partial charge in [0, 0.05) is 30.3 Å². The highest BCUT2D eigenvalue weighted by Gasteiger charge is 2.45. The number of halogens is 5. The maximum absolute atomic E-state index is 14.2. The predicted molar refractivity (Wildman–Crippen MR) is 153 cm³/mol. The fraction of sp³-hybridized carbons (Fsp3) is 0.452. The fourth-order valence-electron chi connectivity index (χ4n) is 6.21. The first-order chi connectivity index (χ1) is 21.8. The van der Waals surface area contributed by atoms with Crippen molar-refractivity contribution in [2.45, 2.75) is 63.0 Å². The van der Waals surface area contributed by atoms with Gasteiger partial charge in [0.2, 0.25) is 5.91 Å². The lowest BCUT2D eigenvalue weighted by atomic mass is 9.84. The number of hydrogen-bond acceptors (Lipinski definition) is 7. The van der Waals surface area contributed by atoms with Crippen LogP contribution in [-0.4, -0.2) is 62.8 Å². The molecule has 1 fully saturated rings. The maximum atomic E-state index is 14.2. The minimum absolute atomic E-state index is 0.0109. The van der Waals surface area contributed by atoms with Crippen LogP contribution in [-0.2, 0) is 26.9 Å². The number of fused-ring (bicyclic) bond motifs is 2. The molecule has 1 aliphatic carbocycles. The second-order valence-electron chi connectivity index (χ2n) is 11.5. The molecule has 2 atom stereocenters. The molecule has 1 amide bonds. The number of hydrogen-bond donors (Lipinski definition) is 0. The van der Waals surface area contributed by atoms with Crippen molar-refractivity contribution in [3.05, 3.63) is 65.0 Å². The molecule has 0 bridgehead atoms. The van der Waals surface area contributed by atoms with Gasteiger partial charge in [0.1, 0.15) is 5.75 Å². The number of rotatable bonds is 7. The summed E-state index contributed by atoms with van der Waals surface area (Å²) in [4.78, 5) is 27.4. The zero-order chi connectivity index (χ0) is 32.8. The first kappa shape index (κ1) is 31.8. The van der Waals surface area contributed by atoms with E-state index in [-0.39, 0.29) is 62.3 Å². The molecule has 0 unspecified atom stereocenters. The van der Waals surface area contributed by atoms with Crippen LogP contribution in [0.5, 0.6) is 17.2 Å². The molecular weight excluding hydrogens is 633 g/mol. The lowest BCUT2D eigenvalue weighted by molar-refractivity contribution is -0.286. The number of methoxy groups -OCH3 is 1. The number of likely N-dealkylation sites (tertiary alicyclic amines) is 1. The van der Waals surface area contributed by atoms with Crippen molar-refractivity contribution in [3.63, 3.8) is 0 Å². The topological polar surface area (TPSA) is 92.1 Å². The Morgan fingerprint density at radius 3 is 2.52 bits per heavy atom. The summed E-state index contributed by atoms with van der Waals surface area (Å²) < 4.78 is 90.5. The molecule has 1 saturated heterocycles. The van der Waals surface area contributed by atoms with Gasteiger partial charge >= 0.3 is 28.2 Å². The molecule has 3 aliphatic rings. The SMILES string of the molecule is COC(=O)C1CCN(C(=O)[C@H]2CCCc3c(C(F)(F)F)nn(-c4cccc(O[Si][C@@H](C)c5ccc6c(c5)OC(F)(F)O6)c4)c32)CC1. The first-order valence-electron chi connectivity index (χ1n) is 14.8. The van der Waals surface area contributed by atoms with Crippen LogP contribution in [0.4, 0.5) is 22.0 Å². The number of nitrogens with zero attached hydrogens (tertiary/aromatic N) is 3. The molecule has 3 aromatic rings. The molecule has 6 rings (SSSR count). The van der Waals surface area contributed by atoms with E-state index in [1.165, 1.54) is 23.9 Å². The highest BCUT2D eigenvalue weighted by molar-refractivity contribution is 6.30. The third-order valence-corrected chi connectivity index (χ3v) is 9.56. The van der Waals surface area contributed by atoms with E-state index in [0.29, 0.717) is 55.8 Å². The average Bonchev–Trinajstić information content (AvgIpc) is 3.59. The largest absolute Gasteiger partial charge is 0.586 e. The zero-order valence-electron chi connectivity index (χ0n) is 24.9. The van der Waals surface area contributed by atoms with Gasteiger partial charge in [0.25, 0.3) is 0 Å². The molecule has 2 radical (unpaired) electrons. The highest BCUT2D eigenvalue weighted by atomic mass is 28.2. The summed E-state index contributed by atoms with van der Waals surface area (Å²) in [5.74, 6) is -1.58. The van der Waals surface area contributed by atoms with Crippen LogP contribution >= 0.6 is 0 Å². The Balaban J connectivity index is 1.24. The quantitative estimate of drug-likeness (QED) is 0.179. The van der Waals surface area contributed by atoms with Gasteiger partial charge in [-0.15, -0.1) is 8.78 Å². The number of carbonyl (C=O) groups excluding carboxylic acids is 2. The van der Waals surface area contributed by atoms with Crippen molar-refractivity contribution < 1.29 is 50.2 Å². The molecule has 9 nitrogen and oxygen atoms in total. The van der Waals surface area contributed by atoms with E-state index in [9.17, 15) is 31.5 Å². The maximum Gasteiger partial charge on any atom is 0.586 e. The molecule has 1 aromatic heterocycles. The number of ether oxygens (including phenoxy) is 3. The van der Waals surface area contributed by atoms with Gasteiger partial charge in [-0.1, -0.05) is 19.1 Å². The van der Waals surface area contributed by atoms with Crippen LogP contribution in [0.2, 0.25) is 0 Å². The Morgan fingerprint density at radius 1 is 1.07 bits per heavy atom.